The van der Waals surface area contributed by atoms with Crippen LogP contribution in [0.1, 0.15) is 13.8 Å². The molecule has 0 N–H and O–H groups in total. The highest BCUT2D eigenvalue weighted by Crippen LogP contribution is 2.19. The lowest BCUT2D eigenvalue weighted by Gasteiger charge is -2.40. The van der Waals surface area contributed by atoms with E-state index in [2.05, 4.69) is 5.10 Å². The molecule has 0 aliphatic carbocycles. The molecule has 26 heavy (non-hydrogen) atoms. The molecule has 2 fully saturated rings. The largest absolute Gasteiger partial charge is 0.373 e. The average Bonchev–Trinajstić information content (AvgIpc) is 3.03. The van der Waals surface area contributed by atoms with E-state index in [4.69, 9.17) is 4.74 Å². The van der Waals surface area contributed by atoms with Crippen LogP contribution < -0.4 is 0 Å². The molecule has 0 aromatic carbocycles. The Morgan fingerprint density at radius 3 is 2.35 bits per heavy atom. The molecule has 146 valence electrons. The maximum absolute atomic E-state index is 12.9. The van der Waals surface area contributed by atoms with Gasteiger partial charge < -0.3 is 4.74 Å². The summed E-state index contributed by atoms with van der Waals surface area (Å²) in [5, 5.41) is 14.7. The van der Waals surface area contributed by atoms with E-state index in [1.165, 1.54) is 25.7 Å². The van der Waals surface area contributed by atoms with E-state index in [1.807, 2.05) is 18.7 Å². The number of nitrogens with zero attached hydrogens (tertiary/aromatic N) is 6. The fourth-order valence-corrected chi connectivity index (χ4v) is 5.06. The van der Waals surface area contributed by atoms with Crippen LogP contribution in [-0.4, -0.2) is 88.1 Å². The predicted octanol–water partition coefficient (Wildman–Crippen LogP) is -0.280. The Balaban J connectivity index is 1.56. The summed E-state index contributed by atoms with van der Waals surface area (Å²) in [5.74, 6) is 0. The zero-order valence-corrected chi connectivity index (χ0v) is 15.7. The standard InChI is InChI=1S/C14H24N6O5S/c1-12-8-19(9-13(2)25-12)26(23,24)18-5-3-16(4-6-18)11-17-10-14(7-15-17)20(21)22/h7,10,12-13H,3-6,8-9,11H2,1-2H3. The lowest BCUT2D eigenvalue weighted by atomic mass is 10.3. The molecule has 1 aromatic rings. The minimum Gasteiger partial charge on any atom is -0.373 e. The highest BCUT2D eigenvalue weighted by molar-refractivity contribution is 7.86. The minimum atomic E-state index is -3.51. The molecule has 2 aliphatic heterocycles. The topological polar surface area (TPSA) is 114 Å². The van der Waals surface area contributed by atoms with Crippen molar-refractivity contribution in [1.82, 2.24) is 23.3 Å². The number of hydrogen-bond donors (Lipinski definition) is 0. The molecule has 0 spiro atoms. The lowest BCUT2D eigenvalue weighted by molar-refractivity contribution is -0.385. The number of nitro groups is 1. The van der Waals surface area contributed by atoms with Gasteiger partial charge in [-0.3, -0.25) is 19.7 Å². The minimum absolute atomic E-state index is 0.0539. The quantitative estimate of drug-likeness (QED) is 0.503. The number of morpholine rings is 1. The van der Waals surface area contributed by atoms with Crippen molar-refractivity contribution in [3.8, 4) is 0 Å². The Hall–Kier alpha value is -1.60. The number of hydrogen-bond acceptors (Lipinski definition) is 7. The summed E-state index contributed by atoms with van der Waals surface area (Å²) in [6, 6.07) is 0. The van der Waals surface area contributed by atoms with Crippen molar-refractivity contribution in [2.45, 2.75) is 32.7 Å². The third-order valence-corrected chi connectivity index (χ3v) is 6.51. The van der Waals surface area contributed by atoms with Crippen molar-refractivity contribution in [3.05, 3.63) is 22.5 Å². The second-order valence-corrected chi connectivity index (χ2v) is 8.66. The highest BCUT2D eigenvalue weighted by atomic mass is 32.2. The van der Waals surface area contributed by atoms with E-state index < -0.39 is 15.1 Å². The van der Waals surface area contributed by atoms with E-state index in [9.17, 15) is 18.5 Å². The number of ether oxygens (including phenoxy) is 1. The Morgan fingerprint density at radius 1 is 1.19 bits per heavy atom. The SMILES string of the molecule is CC1CN(S(=O)(=O)N2CCN(Cn3cc([N+](=O)[O-])cn3)CC2)CC(C)O1. The summed E-state index contributed by atoms with van der Waals surface area (Å²) >= 11 is 0. The molecule has 2 atom stereocenters. The monoisotopic (exact) mass is 388 g/mol. The van der Waals surface area contributed by atoms with Gasteiger partial charge in [-0.1, -0.05) is 0 Å². The Morgan fingerprint density at radius 2 is 1.81 bits per heavy atom. The van der Waals surface area contributed by atoms with Crippen LogP contribution in [0.3, 0.4) is 0 Å². The van der Waals surface area contributed by atoms with Gasteiger partial charge in [-0.15, -0.1) is 0 Å². The van der Waals surface area contributed by atoms with Crippen molar-refractivity contribution < 1.29 is 18.1 Å². The molecule has 11 nitrogen and oxygen atoms in total. The molecular weight excluding hydrogens is 364 g/mol. The molecule has 2 saturated heterocycles. The molecule has 0 saturated carbocycles. The second kappa shape index (κ2) is 7.56. The first-order valence-corrected chi connectivity index (χ1v) is 9.95. The summed E-state index contributed by atoms with van der Waals surface area (Å²) in [6.07, 6.45) is 2.34. The average molecular weight is 388 g/mol. The van der Waals surface area contributed by atoms with E-state index in [0.29, 0.717) is 45.9 Å². The molecule has 3 heterocycles. The summed E-state index contributed by atoms with van der Waals surface area (Å²) in [4.78, 5) is 12.2. The molecule has 12 heteroatoms. The zero-order chi connectivity index (χ0) is 18.9. The first-order valence-electron chi connectivity index (χ1n) is 8.55. The van der Waals surface area contributed by atoms with Crippen LogP contribution >= 0.6 is 0 Å². The van der Waals surface area contributed by atoms with Gasteiger partial charge in [-0.2, -0.15) is 22.1 Å². The van der Waals surface area contributed by atoms with Crippen LogP contribution in [0.25, 0.3) is 0 Å². The van der Waals surface area contributed by atoms with E-state index in [1.54, 1.807) is 0 Å². The first kappa shape index (κ1) is 19.2. The number of aromatic nitrogens is 2. The van der Waals surface area contributed by atoms with Crippen molar-refractivity contribution in [2.24, 2.45) is 0 Å². The molecule has 3 rings (SSSR count). The van der Waals surface area contributed by atoms with Crippen molar-refractivity contribution in [2.75, 3.05) is 39.3 Å². The fraction of sp³-hybridized carbons (Fsp3) is 0.786. The summed E-state index contributed by atoms with van der Waals surface area (Å²) in [6.45, 7) is 6.72. The molecule has 2 aliphatic rings. The number of piperazine rings is 1. The Bertz CT molecular complexity index is 735. The van der Waals surface area contributed by atoms with Gasteiger partial charge in [0.25, 0.3) is 10.2 Å². The van der Waals surface area contributed by atoms with Crippen molar-refractivity contribution in [1.29, 1.82) is 0 Å². The van der Waals surface area contributed by atoms with Crippen LogP contribution in [0.4, 0.5) is 5.69 Å². The van der Waals surface area contributed by atoms with E-state index in [0.717, 1.165) is 0 Å². The Kier molecular flexibility index (Phi) is 5.58. The normalized spacial score (nSPS) is 26.8. The maximum atomic E-state index is 12.9. The smallest absolute Gasteiger partial charge is 0.307 e. The molecule has 1 aromatic heterocycles. The maximum Gasteiger partial charge on any atom is 0.307 e. The van der Waals surface area contributed by atoms with Gasteiger partial charge in [0.1, 0.15) is 12.4 Å². The number of rotatable bonds is 5. The zero-order valence-electron chi connectivity index (χ0n) is 14.9. The predicted molar refractivity (Wildman–Crippen MR) is 92.5 cm³/mol. The van der Waals surface area contributed by atoms with Gasteiger partial charge in [-0.05, 0) is 13.8 Å². The second-order valence-electron chi connectivity index (χ2n) is 6.74. The Labute approximate surface area is 152 Å². The van der Waals surface area contributed by atoms with Gasteiger partial charge in [0, 0.05) is 39.3 Å². The third kappa shape index (κ3) is 4.20. The van der Waals surface area contributed by atoms with Gasteiger partial charge in [0.05, 0.1) is 23.8 Å². The third-order valence-electron chi connectivity index (χ3n) is 4.55. The molecule has 0 bridgehead atoms. The molecule has 0 radical (unpaired) electrons. The van der Waals surface area contributed by atoms with Gasteiger partial charge >= 0.3 is 5.69 Å². The van der Waals surface area contributed by atoms with E-state index >= 15 is 0 Å². The fourth-order valence-electron chi connectivity index (χ4n) is 3.31. The van der Waals surface area contributed by atoms with Gasteiger partial charge in [0.2, 0.25) is 0 Å². The van der Waals surface area contributed by atoms with Crippen LogP contribution in [-0.2, 0) is 21.6 Å². The van der Waals surface area contributed by atoms with E-state index in [-0.39, 0.29) is 17.9 Å². The van der Waals surface area contributed by atoms with Crippen molar-refractivity contribution >= 4 is 15.9 Å². The lowest BCUT2D eigenvalue weighted by Crippen LogP contribution is -2.57. The molecule has 2 unspecified atom stereocenters. The molecular formula is C14H24N6O5S. The van der Waals surface area contributed by atoms with Crippen LogP contribution in [0.5, 0.6) is 0 Å². The summed E-state index contributed by atoms with van der Waals surface area (Å²) in [5.41, 5.74) is -0.0539. The van der Waals surface area contributed by atoms with Gasteiger partial charge in [-0.25, -0.2) is 0 Å². The van der Waals surface area contributed by atoms with Gasteiger partial charge in [0.15, 0.2) is 0 Å². The summed E-state index contributed by atoms with van der Waals surface area (Å²) in [7, 11) is -3.51. The summed E-state index contributed by atoms with van der Waals surface area (Å²) < 4.78 is 35.8. The first-order chi connectivity index (χ1) is 12.3. The van der Waals surface area contributed by atoms with Crippen LogP contribution in [0, 0.1) is 10.1 Å². The molecule has 0 amide bonds. The highest BCUT2D eigenvalue weighted by Gasteiger charge is 2.36. The van der Waals surface area contributed by atoms with Crippen LogP contribution in [0.2, 0.25) is 0 Å². The van der Waals surface area contributed by atoms with Crippen molar-refractivity contribution in [3.63, 3.8) is 0 Å². The van der Waals surface area contributed by atoms with Crippen LogP contribution in [0.15, 0.2) is 12.4 Å².